The molecule has 0 saturated heterocycles. The van der Waals surface area contributed by atoms with E-state index in [1.165, 1.54) is 88.6 Å². The van der Waals surface area contributed by atoms with Crippen molar-refractivity contribution in [3.8, 4) is 0 Å². The van der Waals surface area contributed by atoms with E-state index in [4.69, 9.17) is 0 Å². The Morgan fingerprint density at radius 3 is 1.26 bits per heavy atom. The number of para-hydroxylation sites is 2. The van der Waals surface area contributed by atoms with Crippen molar-refractivity contribution in [3.63, 3.8) is 0 Å². The number of fused-ring (bicyclic) bond motifs is 6. The molecule has 6 rings (SSSR count). The second-order valence-corrected chi connectivity index (χ2v) is 11.2. The van der Waals surface area contributed by atoms with Crippen LogP contribution < -0.4 is 57.1 Å². The van der Waals surface area contributed by atoms with E-state index in [1.54, 1.807) is 0 Å². The van der Waals surface area contributed by atoms with E-state index >= 15 is 0 Å². The van der Waals surface area contributed by atoms with Crippen LogP contribution in [-0.2, 0) is 26.2 Å². The first kappa shape index (κ1) is 33.6. The van der Waals surface area contributed by atoms with Crippen LogP contribution in [0.3, 0.4) is 0 Å². The molecule has 228 valence electrons. The Labute approximate surface area is 288 Å². The highest BCUT2D eigenvalue weighted by molar-refractivity contribution is 6.08. The minimum atomic E-state index is 0. The number of rotatable bonds is 14. The molecular weight excluding hydrogens is 762 g/mol. The zero-order chi connectivity index (χ0) is 28.0. The number of aryl methyl sites for hydroxylation is 2. The van der Waals surface area contributed by atoms with Gasteiger partial charge in [0.1, 0.15) is 13.2 Å². The van der Waals surface area contributed by atoms with Gasteiger partial charge in [0.05, 0.1) is 21.8 Å². The van der Waals surface area contributed by atoms with E-state index in [0.29, 0.717) is 13.1 Å². The lowest BCUT2D eigenvalue weighted by atomic mass is 10.1. The van der Waals surface area contributed by atoms with E-state index < -0.39 is 0 Å². The molecule has 0 aliphatic heterocycles. The van der Waals surface area contributed by atoms with Gasteiger partial charge in [-0.2, -0.15) is 0 Å². The molecule has 0 amide bonds. The molecule has 0 fully saturated rings. The van der Waals surface area contributed by atoms with Crippen LogP contribution in [0.25, 0.3) is 43.6 Å². The van der Waals surface area contributed by atoms with Gasteiger partial charge in [0, 0.05) is 47.0 Å². The van der Waals surface area contributed by atoms with Gasteiger partial charge in [0.15, 0.2) is 37.9 Å². The van der Waals surface area contributed by atoms with Crippen LogP contribution >= 0.6 is 0 Å². The van der Waals surface area contributed by atoms with E-state index in [-0.39, 0.29) is 61.2 Å². The van der Waals surface area contributed by atoms with Crippen LogP contribution in [0.2, 0.25) is 0 Å². The molecule has 0 bridgehead atoms. The average molecular weight is 805 g/mol. The van der Waals surface area contributed by atoms with Crippen molar-refractivity contribution < 1.29 is 67.3 Å². The molecule has 0 unspecified atom stereocenters. The Morgan fingerprint density at radius 2 is 0.837 bits per heavy atom. The summed E-state index contributed by atoms with van der Waals surface area (Å²) in [5, 5.41) is 23.8. The summed E-state index contributed by atoms with van der Waals surface area (Å²) in [6.45, 7) is 3.64. The number of unbranched alkanes of at least 4 members (excludes halogenated alkanes) is 6. The maximum absolute atomic E-state index is 9.35. The molecular formula is C35H42I2N4O2. The fourth-order valence-corrected chi connectivity index (χ4v) is 6.50. The highest BCUT2D eigenvalue weighted by Crippen LogP contribution is 2.29. The lowest BCUT2D eigenvalue weighted by Crippen LogP contribution is -3.00. The van der Waals surface area contributed by atoms with Gasteiger partial charge in [-0.3, -0.25) is 0 Å². The molecule has 4 aromatic heterocycles. The van der Waals surface area contributed by atoms with Crippen LogP contribution in [0.1, 0.15) is 44.9 Å². The Bertz CT molecular complexity index is 1650. The molecule has 0 aliphatic carbocycles. The minimum absolute atomic E-state index is 0. The minimum Gasteiger partial charge on any atom is -1.00 e. The van der Waals surface area contributed by atoms with E-state index in [0.717, 1.165) is 13.1 Å². The normalized spacial score (nSPS) is 11.4. The van der Waals surface area contributed by atoms with Gasteiger partial charge in [-0.1, -0.05) is 68.5 Å². The molecule has 0 radical (unpaired) electrons. The van der Waals surface area contributed by atoms with Gasteiger partial charge >= 0.3 is 0 Å². The summed E-state index contributed by atoms with van der Waals surface area (Å²) in [5.41, 5.74) is 5.18. The van der Waals surface area contributed by atoms with Gasteiger partial charge in [-0.05, 0) is 25.0 Å². The second-order valence-electron chi connectivity index (χ2n) is 11.2. The van der Waals surface area contributed by atoms with Crippen LogP contribution in [0.5, 0.6) is 0 Å². The van der Waals surface area contributed by atoms with Crippen molar-refractivity contribution in [1.29, 1.82) is 0 Å². The second kappa shape index (κ2) is 16.2. The Balaban J connectivity index is 0.00000212. The van der Waals surface area contributed by atoms with Gasteiger partial charge in [0.2, 0.25) is 0 Å². The third-order valence-corrected chi connectivity index (χ3v) is 8.52. The van der Waals surface area contributed by atoms with E-state index in [1.807, 2.05) is 0 Å². The Kier molecular flexibility index (Phi) is 12.6. The molecule has 43 heavy (non-hydrogen) atoms. The zero-order valence-electron chi connectivity index (χ0n) is 24.7. The fourth-order valence-electron chi connectivity index (χ4n) is 6.50. The van der Waals surface area contributed by atoms with Crippen LogP contribution in [-0.4, -0.2) is 32.6 Å². The molecule has 0 saturated carbocycles. The number of pyridine rings is 2. The topological polar surface area (TPSA) is 58.1 Å². The Hall–Kier alpha value is -2.28. The van der Waals surface area contributed by atoms with Crippen LogP contribution in [0.4, 0.5) is 0 Å². The highest BCUT2D eigenvalue weighted by Gasteiger charge is 2.15. The van der Waals surface area contributed by atoms with Gasteiger partial charge in [-0.25, -0.2) is 9.13 Å². The third-order valence-electron chi connectivity index (χ3n) is 8.52. The standard InChI is InChI=1S/C35H42N4O2.2HI/c40-24-22-36-20-16-34-30(26-36)28-12-6-8-14-32(28)38(34)18-10-4-2-1-3-5-11-19-39-33-15-9-7-13-29(33)31-27-37(23-25-41)21-17-35(31)39;;/h6-9,12-17,20-21,26-27,40-41H,1-5,10-11,18-19,22-25H2;2*1H/q+2;;/p-2. The molecule has 6 aromatic rings. The lowest BCUT2D eigenvalue weighted by molar-refractivity contribution is -0.696. The summed E-state index contributed by atoms with van der Waals surface area (Å²) in [6.07, 6.45) is 17.3. The van der Waals surface area contributed by atoms with Crippen molar-refractivity contribution >= 4 is 43.6 Å². The van der Waals surface area contributed by atoms with Gasteiger partial charge < -0.3 is 67.3 Å². The predicted octanol–water partition coefficient (Wildman–Crippen LogP) is -0.0991. The maximum Gasteiger partial charge on any atom is 0.178 e. The summed E-state index contributed by atoms with van der Waals surface area (Å²) in [6, 6.07) is 21.8. The predicted molar refractivity (Wildman–Crippen MR) is 166 cm³/mol. The first-order chi connectivity index (χ1) is 20.3. The number of halogens is 2. The summed E-state index contributed by atoms with van der Waals surface area (Å²) in [4.78, 5) is 0. The van der Waals surface area contributed by atoms with E-state index in [9.17, 15) is 10.2 Å². The third kappa shape index (κ3) is 7.34. The quantitative estimate of drug-likeness (QED) is 0.0920. The molecule has 2 N–H and O–H groups in total. The number of aliphatic hydroxyl groups is 2. The van der Waals surface area contributed by atoms with Crippen LogP contribution in [0.15, 0.2) is 85.5 Å². The SMILES string of the molecule is OCC[n+]1ccc2c(c1)c1ccccc1n2CCCCCCCCCn1c2ccccc2c2c[n+](CCO)ccc21.[I-].[I-]. The number of hydrogen-bond donors (Lipinski definition) is 2. The average Bonchev–Trinajstić information content (AvgIpc) is 3.48. The molecule has 4 heterocycles. The molecule has 0 atom stereocenters. The van der Waals surface area contributed by atoms with Crippen molar-refractivity contribution in [2.75, 3.05) is 13.2 Å². The number of aliphatic hydroxyl groups excluding tert-OH is 2. The molecule has 0 aliphatic rings. The van der Waals surface area contributed by atoms with Crippen molar-refractivity contribution in [1.82, 2.24) is 9.13 Å². The van der Waals surface area contributed by atoms with Crippen molar-refractivity contribution in [2.24, 2.45) is 0 Å². The summed E-state index contributed by atoms with van der Waals surface area (Å²) in [5.74, 6) is 0. The Morgan fingerprint density at radius 1 is 0.465 bits per heavy atom. The molecule has 0 spiro atoms. The summed E-state index contributed by atoms with van der Waals surface area (Å²) in [7, 11) is 0. The first-order valence-corrected chi connectivity index (χ1v) is 15.3. The number of nitrogens with zero attached hydrogens (tertiary/aromatic N) is 4. The number of hydrogen-bond acceptors (Lipinski definition) is 2. The molecule has 2 aromatic carbocycles. The fraction of sp³-hybridized carbons (Fsp3) is 0.371. The molecule has 6 nitrogen and oxygen atoms in total. The number of benzene rings is 2. The number of aromatic nitrogens is 4. The largest absolute Gasteiger partial charge is 1.00 e. The molecule has 8 heteroatoms. The summed E-state index contributed by atoms with van der Waals surface area (Å²) < 4.78 is 9.11. The summed E-state index contributed by atoms with van der Waals surface area (Å²) >= 11 is 0. The zero-order valence-corrected chi connectivity index (χ0v) is 29.0. The monoisotopic (exact) mass is 804 g/mol. The van der Waals surface area contributed by atoms with E-state index in [2.05, 4.69) is 104 Å². The van der Waals surface area contributed by atoms with Crippen molar-refractivity contribution in [2.45, 2.75) is 71.1 Å². The maximum atomic E-state index is 9.35. The van der Waals surface area contributed by atoms with Crippen LogP contribution in [0, 0.1) is 0 Å². The smallest absolute Gasteiger partial charge is 0.178 e. The van der Waals surface area contributed by atoms with Gasteiger partial charge in [0.25, 0.3) is 0 Å². The van der Waals surface area contributed by atoms with Crippen molar-refractivity contribution in [3.05, 3.63) is 85.5 Å². The van der Waals surface area contributed by atoms with Gasteiger partial charge in [-0.15, -0.1) is 0 Å². The lowest BCUT2D eigenvalue weighted by Gasteiger charge is -2.08. The first-order valence-electron chi connectivity index (χ1n) is 15.3. The highest BCUT2D eigenvalue weighted by atomic mass is 127.